The molecular formula is C13H21N3OS. The number of benzene rings is 1. The van der Waals surface area contributed by atoms with E-state index in [4.69, 9.17) is 5.84 Å². The second-order valence-electron chi connectivity index (χ2n) is 4.84. The number of hydrogen-bond donors (Lipinski definition) is 3. The first-order valence-electron chi connectivity index (χ1n) is 5.80. The molecule has 1 aromatic carbocycles. The lowest BCUT2D eigenvalue weighted by atomic mass is 10.1. The number of aryl methyl sites for hydroxylation is 1. The van der Waals surface area contributed by atoms with Gasteiger partial charge in [0, 0.05) is 11.3 Å². The molecular weight excluding hydrogens is 246 g/mol. The summed E-state index contributed by atoms with van der Waals surface area (Å²) < 4.78 is 0.0236. The van der Waals surface area contributed by atoms with Crippen molar-refractivity contribution in [2.75, 3.05) is 18.2 Å². The summed E-state index contributed by atoms with van der Waals surface area (Å²) in [6, 6.07) is 5.55. The van der Waals surface area contributed by atoms with Crippen LogP contribution in [0, 0.1) is 6.92 Å². The van der Waals surface area contributed by atoms with Gasteiger partial charge in [0.05, 0.1) is 11.3 Å². The van der Waals surface area contributed by atoms with Crippen LogP contribution in [0.15, 0.2) is 18.2 Å². The molecule has 1 rings (SSSR count). The summed E-state index contributed by atoms with van der Waals surface area (Å²) in [5.74, 6) is 5.31. The molecule has 0 atom stereocenters. The molecule has 0 heterocycles. The zero-order valence-corrected chi connectivity index (χ0v) is 12.1. The molecule has 1 amide bonds. The summed E-state index contributed by atoms with van der Waals surface area (Å²) in [5, 5.41) is 2.94. The zero-order valence-electron chi connectivity index (χ0n) is 11.3. The van der Waals surface area contributed by atoms with Crippen molar-refractivity contribution in [3.8, 4) is 0 Å². The Morgan fingerprint density at radius 3 is 2.67 bits per heavy atom. The molecule has 0 saturated carbocycles. The van der Waals surface area contributed by atoms with Crippen LogP contribution in [0.5, 0.6) is 0 Å². The van der Waals surface area contributed by atoms with E-state index >= 15 is 0 Å². The number of rotatable bonds is 5. The van der Waals surface area contributed by atoms with Gasteiger partial charge in [-0.15, -0.1) is 0 Å². The van der Waals surface area contributed by atoms with Gasteiger partial charge in [0.2, 0.25) is 0 Å². The molecule has 0 fully saturated rings. The first-order chi connectivity index (χ1) is 8.39. The molecule has 4 nitrogen and oxygen atoms in total. The van der Waals surface area contributed by atoms with Gasteiger partial charge in [-0.25, -0.2) is 0 Å². The number of nitrogen functional groups attached to an aromatic ring is 1. The second kappa shape index (κ2) is 6.11. The van der Waals surface area contributed by atoms with E-state index in [0.717, 1.165) is 5.56 Å². The molecule has 0 saturated heterocycles. The third kappa shape index (κ3) is 3.92. The average molecular weight is 267 g/mol. The summed E-state index contributed by atoms with van der Waals surface area (Å²) in [5.41, 5.74) is 4.80. The summed E-state index contributed by atoms with van der Waals surface area (Å²) >= 11 is 1.72. The van der Waals surface area contributed by atoms with Crippen molar-refractivity contribution in [2.45, 2.75) is 25.5 Å². The predicted molar refractivity (Wildman–Crippen MR) is 78.9 cm³/mol. The lowest BCUT2D eigenvalue weighted by Crippen LogP contribution is -2.36. The van der Waals surface area contributed by atoms with Crippen molar-refractivity contribution in [3.63, 3.8) is 0 Å². The van der Waals surface area contributed by atoms with Gasteiger partial charge in [0.25, 0.3) is 5.91 Å². The van der Waals surface area contributed by atoms with Crippen molar-refractivity contribution in [2.24, 2.45) is 5.84 Å². The van der Waals surface area contributed by atoms with E-state index in [1.165, 1.54) is 0 Å². The molecule has 100 valence electrons. The van der Waals surface area contributed by atoms with Crippen LogP contribution in [0.4, 0.5) is 5.69 Å². The van der Waals surface area contributed by atoms with E-state index in [-0.39, 0.29) is 10.7 Å². The highest BCUT2D eigenvalue weighted by molar-refractivity contribution is 7.99. The summed E-state index contributed by atoms with van der Waals surface area (Å²) in [4.78, 5) is 12.1. The lowest BCUT2D eigenvalue weighted by molar-refractivity contribution is 0.0951. The Morgan fingerprint density at radius 1 is 1.44 bits per heavy atom. The number of nitrogens with two attached hydrogens (primary N) is 1. The Balaban J connectivity index is 2.81. The minimum atomic E-state index is -0.103. The fourth-order valence-electron chi connectivity index (χ4n) is 1.43. The highest BCUT2D eigenvalue weighted by Crippen LogP contribution is 2.21. The number of amides is 1. The summed E-state index contributed by atoms with van der Waals surface area (Å²) in [7, 11) is 0. The molecule has 1 aromatic rings. The van der Waals surface area contributed by atoms with Crippen LogP contribution in [0.1, 0.15) is 29.8 Å². The van der Waals surface area contributed by atoms with Crippen molar-refractivity contribution >= 4 is 23.4 Å². The van der Waals surface area contributed by atoms with Crippen molar-refractivity contribution in [3.05, 3.63) is 29.3 Å². The standard InChI is InChI=1S/C13H21N3OS/c1-9-5-6-11(16-14)10(7-9)12(17)15-8-13(2,3)18-4/h5-7,16H,8,14H2,1-4H3,(H,15,17). The SMILES string of the molecule is CSC(C)(C)CNC(=O)c1cc(C)ccc1NN. The number of nitrogens with one attached hydrogen (secondary N) is 2. The summed E-state index contributed by atoms with van der Waals surface area (Å²) in [6.45, 7) is 6.75. The maximum atomic E-state index is 12.1. The molecule has 0 radical (unpaired) electrons. The normalized spacial score (nSPS) is 11.2. The maximum absolute atomic E-state index is 12.1. The van der Waals surface area contributed by atoms with E-state index in [1.54, 1.807) is 11.8 Å². The third-order valence-corrected chi connectivity index (χ3v) is 4.05. The van der Waals surface area contributed by atoms with Crippen LogP contribution in [0.3, 0.4) is 0 Å². The van der Waals surface area contributed by atoms with Gasteiger partial charge in [0.1, 0.15) is 0 Å². The number of hydrazine groups is 1. The van der Waals surface area contributed by atoms with Crippen LogP contribution in [-0.2, 0) is 0 Å². The van der Waals surface area contributed by atoms with Gasteiger partial charge >= 0.3 is 0 Å². The van der Waals surface area contributed by atoms with Crippen LogP contribution in [-0.4, -0.2) is 23.5 Å². The van der Waals surface area contributed by atoms with E-state index in [9.17, 15) is 4.79 Å². The van der Waals surface area contributed by atoms with Crippen molar-refractivity contribution in [1.82, 2.24) is 5.32 Å². The number of thioether (sulfide) groups is 1. The highest BCUT2D eigenvalue weighted by atomic mass is 32.2. The smallest absolute Gasteiger partial charge is 0.253 e. The maximum Gasteiger partial charge on any atom is 0.253 e. The Morgan fingerprint density at radius 2 is 2.11 bits per heavy atom. The van der Waals surface area contributed by atoms with Crippen molar-refractivity contribution in [1.29, 1.82) is 0 Å². The molecule has 0 aliphatic rings. The number of carbonyl (C=O) groups excluding carboxylic acids is 1. The fraction of sp³-hybridized carbons (Fsp3) is 0.462. The van der Waals surface area contributed by atoms with Gasteiger partial charge in [0.15, 0.2) is 0 Å². The van der Waals surface area contributed by atoms with Gasteiger partial charge in [-0.2, -0.15) is 11.8 Å². The highest BCUT2D eigenvalue weighted by Gasteiger charge is 2.18. The first-order valence-corrected chi connectivity index (χ1v) is 7.03. The van der Waals surface area contributed by atoms with E-state index in [1.807, 2.05) is 31.4 Å². The molecule has 0 bridgehead atoms. The van der Waals surface area contributed by atoms with E-state index in [0.29, 0.717) is 17.8 Å². The van der Waals surface area contributed by atoms with Gasteiger partial charge in [-0.05, 0) is 39.2 Å². The first kappa shape index (κ1) is 14.9. The molecule has 0 aromatic heterocycles. The molecule has 4 N–H and O–H groups in total. The predicted octanol–water partition coefficient (Wildman–Crippen LogP) is 2.15. The largest absolute Gasteiger partial charge is 0.351 e. The van der Waals surface area contributed by atoms with Gasteiger partial charge in [-0.1, -0.05) is 11.6 Å². The van der Waals surface area contributed by atoms with Crippen molar-refractivity contribution < 1.29 is 4.79 Å². The molecule has 0 unspecified atom stereocenters. The number of carbonyl (C=O) groups is 1. The fourth-order valence-corrected chi connectivity index (χ4v) is 1.65. The molecule has 0 spiro atoms. The summed E-state index contributed by atoms with van der Waals surface area (Å²) in [6.07, 6.45) is 2.03. The Bertz CT molecular complexity index is 432. The van der Waals surface area contributed by atoms with Crippen LogP contribution < -0.4 is 16.6 Å². The molecule has 0 aliphatic carbocycles. The number of anilines is 1. The van der Waals surface area contributed by atoms with Gasteiger partial charge in [-0.3, -0.25) is 10.6 Å². The van der Waals surface area contributed by atoms with Crippen LogP contribution >= 0.6 is 11.8 Å². The van der Waals surface area contributed by atoms with E-state index in [2.05, 4.69) is 24.6 Å². The molecule has 18 heavy (non-hydrogen) atoms. The zero-order chi connectivity index (χ0) is 13.8. The Hall–Kier alpha value is -1.20. The molecule has 5 heteroatoms. The van der Waals surface area contributed by atoms with Crippen LogP contribution in [0.25, 0.3) is 0 Å². The molecule has 0 aliphatic heterocycles. The quantitative estimate of drug-likeness (QED) is 0.565. The Kier molecular flexibility index (Phi) is 5.04. The van der Waals surface area contributed by atoms with Crippen LogP contribution in [0.2, 0.25) is 0 Å². The lowest BCUT2D eigenvalue weighted by Gasteiger charge is -2.22. The monoisotopic (exact) mass is 267 g/mol. The van der Waals surface area contributed by atoms with E-state index < -0.39 is 0 Å². The minimum absolute atomic E-state index is 0.0236. The average Bonchev–Trinajstić information content (AvgIpc) is 2.36. The minimum Gasteiger partial charge on any atom is -0.351 e. The third-order valence-electron chi connectivity index (χ3n) is 2.80. The topological polar surface area (TPSA) is 67.2 Å². The number of hydrogen-bond acceptors (Lipinski definition) is 4. The second-order valence-corrected chi connectivity index (χ2v) is 6.35. The Labute approximate surface area is 113 Å². The van der Waals surface area contributed by atoms with Gasteiger partial charge < -0.3 is 10.7 Å².